The van der Waals surface area contributed by atoms with Gasteiger partial charge < -0.3 is 24.9 Å². The predicted octanol–water partition coefficient (Wildman–Crippen LogP) is 3.27. The molecule has 0 radical (unpaired) electrons. The van der Waals surface area contributed by atoms with Gasteiger partial charge in [0.05, 0.1) is 18.3 Å². The summed E-state index contributed by atoms with van der Waals surface area (Å²) in [6.07, 6.45) is 4.31. The van der Waals surface area contributed by atoms with Crippen molar-refractivity contribution < 1.29 is 19.8 Å². The van der Waals surface area contributed by atoms with Crippen LogP contribution in [0.15, 0.2) is 36.4 Å². The highest BCUT2D eigenvalue weighted by atomic mass is 32.1. The molecule has 1 aromatic heterocycles. The monoisotopic (exact) mass is 587 g/mol. The van der Waals surface area contributed by atoms with E-state index in [0.29, 0.717) is 31.1 Å². The number of carbonyl (C=O) groups excluding carboxylic acids is 1. The fourth-order valence-corrected chi connectivity index (χ4v) is 8.26. The summed E-state index contributed by atoms with van der Waals surface area (Å²) in [5, 5.41) is 19.5. The van der Waals surface area contributed by atoms with Crippen molar-refractivity contribution in [2.45, 2.75) is 44.8 Å². The van der Waals surface area contributed by atoms with Crippen LogP contribution >= 0.6 is 11.3 Å². The molecule has 2 N–H and O–H groups in total. The van der Waals surface area contributed by atoms with E-state index < -0.39 is 5.97 Å². The van der Waals surface area contributed by atoms with Crippen molar-refractivity contribution in [3.05, 3.63) is 63.1 Å². The molecule has 1 saturated heterocycles. The Labute approximate surface area is 250 Å². The first-order valence-electron chi connectivity index (χ1n) is 15.1. The van der Waals surface area contributed by atoms with E-state index in [4.69, 9.17) is 10.1 Å². The number of aliphatic hydroxyl groups is 1. The highest BCUT2D eigenvalue weighted by Crippen LogP contribution is 2.42. The maximum atomic E-state index is 13.7. The third-order valence-electron chi connectivity index (χ3n) is 9.19. The van der Waals surface area contributed by atoms with Crippen molar-refractivity contribution in [2.24, 2.45) is 0 Å². The second-order valence-corrected chi connectivity index (χ2v) is 13.0. The van der Waals surface area contributed by atoms with Crippen LogP contribution in [0.2, 0.25) is 0 Å². The molecule has 3 aromatic rings. The lowest BCUT2D eigenvalue weighted by molar-refractivity contribution is -0.138. The maximum absolute atomic E-state index is 13.7. The van der Waals surface area contributed by atoms with Gasteiger partial charge in [0.2, 0.25) is 0 Å². The highest BCUT2D eigenvalue weighted by molar-refractivity contribution is 7.13. The molecule has 9 nitrogen and oxygen atoms in total. The van der Waals surface area contributed by atoms with Gasteiger partial charge in [-0.05, 0) is 66.6 Å². The summed E-state index contributed by atoms with van der Waals surface area (Å²) >= 11 is 1.41. The van der Waals surface area contributed by atoms with E-state index in [9.17, 15) is 14.7 Å². The summed E-state index contributed by atoms with van der Waals surface area (Å²) in [6.45, 7) is 6.68. The van der Waals surface area contributed by atoms with Crippen LogP contribution in [0.5, 0.6) is 0 Å². The Morgan fingerprint density at radius 1 is 0.905 bits per heavy atom. The number of fused-ring (bicyclic) bond motifs is 3. The first-order valence-corrected chi connectivity index (χ1v) is 15.9. The number of rotatable bonds is 8. The second kappa shape index (κ2) is 11.4. The number of hydrogen-bond acceptors (Lipinski definition) is 8. The molecule has 0 spiro atoms. The molecule has 0 aliphatic carbocycles. The first kappa shape index (κ1) is 27.5. The quantitative estimate of drug-likeness (QED) is 0.414. The molecule has 5 heterocycles. The fraction of sp³-hybridized carbons (Fsp3) is 0.469. The van der Waals surface area contributed by atoms with Crippen molar-refractivity contribution >= 4 is 34.6 Å². The van der Waals surface area contributed by atoms with E-state index >= 15 is 0 Å². The summed E-state index contributed by atoms with van der Waals surface area (Å²) in [5.74, 6) is -0.898. The number of thiazole rings is 1. The number of carbonyl (C=O) groups is 2. The molecule has 4 aliphatic heterocycles. The lowest BCUT2D eigenvalue weighted by Gasteiger charge is -2.23. The van der Waals surface area contributed by atoms with Gasteiger partial charge in [-0.25, -0.2) is 4.98 Å². The minimum atomic E-state index is -0.834. The van der Waals surface area contributed by atoms with Gasteiger partial charge in [0.1, 0.15) is 0 Å². The number of benzene rings is 2. The normalized spacial score (nSPS) is 20.2. The van der Waals surface area contributed by atoms with E-state index in [1.807, 2.05) is 9.80 Å². The number of aromatic nitrogens is 1. The molecule has 4 aliphatic rings. The van der Waals surface area contributed by atoms with Crippen LogP contribution in [0.4, 0.5) is 11.4 Å². The van der Waals surface area contributed by atoms with Crippen molar-refractivity contribution in [1.82, 2.24) is 14.8 Å². The standard InChI is InChI=1S/C32H37N5O4S/c38-21-8-14-34(18-21)12-3-13-36-16-9-24-22(4-1-6-27(24)36)23-5-2-7-28-25(23)10-17-37(28)32(41)31-33-26-11-15-35(20-30(39)40)19-29(26)42-31/h1-2,4-7,21,38H,3,8-20H2,(H,39,40). The van der Waals surface area contributed by atoms with Crippen LogP contribution in [0.3, 0.4) is 0 Å². The maximum Gasteiger partial charge on any atom is 0.317 e. The Hall–Kier alpha value is -3.31. The first-order chi connectivity index (χ1) is 20.4. The van der Waals surface area contributed by atoms with Crippen molar-refractivity contribution in [3.63, 3.8) is 0 Å². The molecule has 220 valence electrons. The van der Waals surface area contributed by atoms with Gasteiger partial charge in [0.25, 0.3) is 5.91 Å². The number of carboxylic acid groups (broad SMARTS) is 1. The zero-order chi connectivity index (χ0) is 28.8. The minimum Gasteiger partial charge on any atom is -0.480 e. The minimum absolute atomic E-state index is 0.00740. The molecule has 1 atom stereocenters. The van der Waals surface area contributed by atoms with Crippen LogP contribution in [-0.2, 0) is 30.6 Å². The molecule has 0 bridgehead atoms. The number of aliphatic carboxylic acids is 1. The van der Waals surface area contributed by atoms with E-state index in [2.05, 4.69) is 46.2 Å². The van der Waals surface area contributed by atoms with Gasteiger partial charge in [-0.3, -0.25) is 14.5 Å². The van der Waals surface area contributed by atoms with E-state index in [-0.39, 0.29) is 18.6 Å². The lowest BCUT2D eigenvalue weighted by atomic mass is 9.93. The molecule has 1 unspecified atom stereocenters. The predicted molar refractivity (Wildman–Crippen MR) is 164 cm³/mol. The second-order valence-electron chi connectivity index (χ2n) is 11.9. The fourth-order valence-electron chi connectivity index (χ4n) is 7.17. The number of β-amino-alcohol motifs (C(OH)–C–C–N with tert-alkyl or cyclic N) is 1. The zero-order valence-corrected chi connectivity index (χ0v) is 24.6. The van der Waals surface area contributed by atoms with Crippen molar-refractivity contribution in [1.29, 1.82) is 0 Å². The Morgan fingerprint density at radius 2 is 1.67 bits per heavy atom. The summed E-state index contributed by atoms with van der Waals surface area (Å²) in [7, 11) is 0. The average molecular weight is 588 g/mol. The molecule has 1 fully saturated rings. The van der Waals surface area contributed by atoms with Crippen molar-refractivity contribution in [2.75, 3.05) is 62.2 Å². The highest BCUT2D eigenvalue weighted by Gasteiger charge is 2.32. The summed E-state index contributed by atoms with van der Waals surface area (Å²) < 4.78 is 0. The number of carboxylic acids is 1. The number of aliphatic hydroxyl groups excluding tert-OH is 1. The topological polar surface area (TPSA) is 100 Å². The molecule has 2 aromatic carbocycles. The molecular weight excluding hydrogens is 550 g/mol. The molecule has 1 amide bonds. The Kier molecular flexibility index (Phi) is 7.47. The van der Waals surface area contributed by atoms with Gasteiger partial charge in [0.15, 0.2) is 5.01 Å². The summed E-state index contributed by atoms with van der Waals surface area (Å²) in [4.78, 5) is 39.2. The van der Waals surface area contributed by atoms with Gasteiger partial charge in [-0.2, -0.15) is 0 Å². The number of amides is 1. The van der Waals surface area contributed by atoms with Crippen LogP contribution in [0, 0.1) is 0 Å². The van der Waals surface area contributed by atoms with E-state index in [1.54, 1.807) is 0 Å². The van der Waals surface area contributed by atoms with Crippen LogP contribution in [0.1, 0.15) is 44.3 Å². The van der Waals surface area contributed by atoms with Crippen LogP contribution in [-0.4, -0.2) is 95.3 Å². The summed E-state index contributed by atoms with van der Waals surface area (Å²) in [6, 6.07) is 12.9. The number of hydrogen-bond donors (Lipinski definition) is 2. The number of anilines is 2. The molecule has 7 rings (SSSR count). The van der Waals surface area contributed by atoms with Crippen LogP contribution in [0.25, 0.3) is 11.1 Å². The van der Waals surface area contributed by atoms with Gasteiger partial charge >= 0.3 is 5.97 Å². The lowest BCUT2D eigenvalue weighted by Crippen LogP contribution is -2.34. The zero-order valence-electron chi connectivity index (χ0n) is 23.8. The van der Waals surface area contributed by atoms with E-state index in [1.165, 1.54) is 39.3 Å². The Bertz CT molecular complexity index is 1520. The van der Waals surface area contributed by atoms with Crippen molar-refractivity contribution in [3.8, 4) is 11.1 Å². The summed E-state index contributed by atoms with van der Waals surface area (Å²) in [5.41, 5.74) is 8.33. The van der Waals surface area contributed by atoms with Crippen LogP contribution < -0.4 is 9.80 Å². The van der Waals surface area contributed by atoms with Gasteiger partial charge in [-0.1, -0.05) is 24.3 Å². The third-order valence-corrected chi connectivity index (χ3v) is 10.3. The van der Waals surface area contributed by atoms with Gasteiger partial charge in [-0.15, -0.1) is 11.3 Å². The Balaban J connectivity index is 1.08. The number of likely N-dealkylation sites (tertiary alicyclic amines) is 1. The largest absolute Gasteiger partial charge is 0.480 e. The Morgan fingerprint density at radius 3 is 2.43 bits per heavy atom. The third kappa shape index (κ3) is 5.21. The molecule has 0 saturated carbocycles. The smallest absolute Gasteiger partial charge is 0.317 e. The number of nitrogens with zero attached hydrogens (tertiary/aromatic N) is 5. The van der Waals surface area contributed by atoms with Gasteiger partial charge in [0, 0.05) is 68.5 Å². The van der Waals surface area contributed by atoms with E-state index in [0.717, 1.165) is 74.7 Å². The molecular formula is C32H37N5O4S. The SMILES string of the molecule is O=C(O)CN1CCc2nc(C(=O)N3CCc4c(-c5cccc6c5CCN6CCCN5CCC(O)C5)cccc43)sc2C1. The molecule has 10 heteroatoms. The molecule has 42 heavy (non-hydrogen) atoms. The average Bonchev–Trinajstić information content (AvgIpc) is 3.77.